The zero-order chi connectivity index (χ0) is 21.6. The van der Waals surface area contributed by atoms with Gasteiger partial charge in [0.2, 0.25) is 23.5 Å². The summed E-state index contributed by atoms with van der Waals surface area (Å²) in [4.78, 5) is 31.5. The molecule has 2 fully saturated rings. The molecule has 0 spiro atoms. The van der Waals surface area contributed by atoms with Crippen molar-refractivity contribution in [3.05, 3.63) is 30.0 Å². The summed E-state index contributed by atoms with van der Waals surface area (Å²) in [5.41, 5.74) is 0. The largest absolute Gasteiger partial charge is 0.425 e. The van der Waals surface area contributed by atoms with Crippen LogP contribution in [0.3, 0.4) is 0 Å². The first kappa shape index (κ1) is 21.7. The summed E-state index contributed by atoms with van der Waals surface area (Å²) >= 11 is 0. The maximum Gasteiger partial charge on any atom is 0.223 e. The number of aromatic nitrogens is 4. The van der Waals surface area contributed by atoms with Crippen molar-refractivity contribution in [2.75, 3.05) is 13.1 Å². The van der Waals surface area contributed by atoms with Crippen molar-refractivity contribution in [3.8, 4) is 0 Å². The maximum atomic E-state index is 12.8. The third kappa shape index (κ3) is 5.60. The van der Waals surface area contributed by atoms with Gasteiger partial charge in [0.25, 0.3) is 0 Å². The lowest BCUT2D eigenvalue weighted by atomic mass is 9.86. The molecule has 2 aliphatic rings. The Balaban J connectivity index is 1.23. The Morgan fingerprint density at radius 1 is 1.06 bits per heavy atom. The molecule has 1 amide bonds. The highest BCUT2D eigenvalue weighted by atomic mass is 16.4. The van der Waals surface area contributed by atoms with Gasteiger partial charge in [0, 0.05) is 57.7 Å². The number of aryl methyl sites for hydroxylation is 3. The van der Waals surface area contributed by atoms with Crippen LogP contribution in [-0.4, -0.2) is 49.4 Å². The second kappa shape index (κ2) is 10.2. The minimum Gasteiger partial charge on any atom is -0.425 e. The normalized spacial score (nSPS) is 20.2. The number of nitrogens with zero attached hydrogens (tertiary/aromatic N) is 5. The summed E-state index contributed by atoms with van der Waals surface area (Å²) in [6.07, 6.45) is 14.4. The van der Waals surface area contributed by atoms with Crippen LogP contribution in [0.4, 0.5) is 0 Å². The molecule has 0 N–H and O–H groups in total. The van der Waals surface area contributed by atoms with E-state index in [0.717, 1.165) is 31.6 Å². The highest BCUT2D eigenvalue weighted by Gasteiger charge is 2.30. The number of hydrogen-bond acceptors (Lipinski definition) is 6. The first-order chi connectivity index (χ1) is 15.1. The van der Waals surface area contributed by atoms with Gasteiger partial charge in [-0.15, -0.1) is 10.2 Å². The zero-order valence-corrected chi connectivity index (χ0v) is 18.5. The SMILES string of the molecule is Cn1ccnc1C(=O)C1CCCN(C(=O)CCc2nnc(CCC3CCCCC3)o2)C1. The molecule has 168 valence electrons. The second-order valence-electron chi connectivity index (χ2n) is 9.04. The van der Waals surface area contributed by atoms with Gasteiger partial charge in [0.05, 0.1) is 0 Å². The number of Topliss-reactive ketones (excluding diaryl/α,β-unsaturated/α-hetero) is 1. The summed E-state index contributed by atoms with van der Waals surface area (Å²) in [6, 6.07) is 0. The maximum absolute atomic E-state index is 12.8. The van der Waals surface area contributed by atoms with E-state index in [1.807, 2.05) is 7.05 Å². The third-order valence-electron chi connectivity index (χ3n) is 6.74. The Kier molecular flexibility index (Phi) is 7.14. The molecule has 1 unspecified atom stereocenters. The summed E-state index contributed by atoms with van der Waals surface area (Å²) in [6.45, 7) is 1.15. The van der Waals surface area contributed by atoms with Crippen molar-refractivity contribution < 1.29 is 14.0 Å². The predicted molar refractivity (Wildman–Crippen MR) is 114 cm³/mol. The van der Waals surface area contributed by atoms with Gasteiger partial charge in [0.1, 0.15) is 0 Å². The predicted octanol–water partition coefficient (Wildman–Crippen LogP) is 3.37. The van der Waals surface area contributed by atoms with Crippen molar-refractivity contribution in [2.45, 2.75) is 70.6 Å². The van der Waals surface area contributed by atoms with Crippen molar-refractivity contribution in [1.29, 1.82) is 0 Å². The zero-order valence-electron chi connectivity index (χ0n) is 18.5. The van der Waals surface area contributed by atoms with Crippen LogP contribution < -0.4 is 0 Å². The molecule has 4 rings (SSSR count). The Labute approximate surface area is 183 Å². The van der Waals surface area contributed by atoms with E-state index in [2.05, 4.69) is 15.2 Å². The van der Waals surface area contributed by atoms with Crippen LogP contribution in [0.2, 0.25) is 0 Å². The lowest BCUT2D eigenvalue weighted by Crippen LogP contribution is -2.42. The topological polar surface area (TPSA) is 94.1 Å². The number of imidazole rings is 1. The van der Waals surface area contributed by atoms with Crippen molar-refractivity contribution in [2.24, 2.45) is 18.9 Å². The third-order valence-corrected chi connectivity index (χ3v) is 6.74. The summed E-state index contributed by atoms with van der Waals surface area (Å²) in [5, 5.41) is 8.30. The van der Waals surface area contributed by atoms with Gasteiger partial charge in [0.15, 0.2) is 5.82 Å². The highest BCUT2D eigenvalue weighted by molar-refractivity contribution is 5.95. The van der Waals surface area contributed by atoms with Crippen molar-refractivity contribution >= 4 is 11.7 Å². The van der Waals surface area contributed by atoms with Crippen LogP contribution in [0.1, 0.15) is 80.2 Å². The minimum absolute atomic E-state index is 0.0181. The molecule has 1 aliphatic heterocycles. The van der Waals surface area contributed by atoms with E-state index in [4.69, 9.17) is 4.42 Å². The van der Waals surface area contributed by atoms with E-state index < -0.39 is 0 Å². The van der Waals surface area contributed by atoms with E-state index >= 15 is 0 Å². The lowest BCUT2D eigenvalue weighted by Gasteiger charge is -2.31. The smallest absolute Gasteiger partial charge is 0.223 e. The quantitative estimate of drug-likeness (QED) is 0.600. The number of carbonyl (C=O) groups excluding carboxylic acids is 2. The summed E-state index contributed by atoms with van der Waals surface area (Å²) < 4.78 is 7.52. The van der Waals surface area contributed by atoms with Gasteiger partial charge in [-0.25, -0.2) is 4.98 Å². The van der Waals surface area contributed by atoms with Gasteiger partial charge < -0.3 is 13.9 Å². The molecule has 1 aliphatic carbocycles. The van der Waals surface area contributed by atoms with Crippen molar-refractivity contribution in [3.63, 3.8) is 0 Å². The van der Waals surface area contributed by atoms with E-state index in [1.165, 1.54) is 32.1 Å². The molecule has 1 saturated carbocycles. The van der Waals surface area contributed by atoms with E-state index in [-0.39, 0.29) is 17.6 Å². The van der Waals surface area contributed by atoms with Gasteiger partial charge in [-0.05, 0) is 25.2 Å². The lowest BCUT2D eigenvalue weighted by molar-refractivity contribution is -0.132. The molecule has 8 nitrogen and oxygen atoms in total. The molecular weight excluding hydrogens is 394 g/mol. The fourth-order valence-corrected chi connectivity index (χ4v) is 4.87. The number of amides is 1. The molecule has 2 aromatic heterocycles. The molecule has 1 atom stereocenters. The van der Waals surface area contributed by atoms with Crippen LogP contribution in [-0.2, 0) is 24.7 Å². The molecule has 31 heavy (non-hydrogen) atoms. The molecule has 8 heteroatoms. The molecule has 0 bridgehead atoms. The molecule has 0 radical (unpaired) electrons. The Morgan fingerprint density at radius 3 is 2.58 bits per heavy atom. The van der Waals surface area contributed by atoms with E-state index in [1.54, 1.807) is 21.9 Å². The number of rotatable bonds is 8. The minimum atomic E-state index is -0.186. The van der Waals surface area contributed by atoms with Crippen LogP contribution in [0.25, 0.3) is 0 Å². The van der Waals surface area contributed by atoms with Gasteiger partial charge in [-0.2, -0.15) is 0 Å². The average molecular weight is 428 g/mol. The molecule has 1 saturated heterocycles. The second-order valence-corrected chi connectivity index (χ2v) is 9.04. The summed E-state index contributed by atoms with van der Waals surface area (Å²) in [5.74, 6) is 2.34. The van der Waals surface area contributed by atoms with Gasteiger partial charge >= 0.3 is 0 Å². The molecular formula is C23H33N5O3. The van der Waals surface area contributed by atoms with Crippen molar-refractivity contribution in [1.82, 2.24) is 24.6 Å². The first-order valence-corrected chi connectivity index (χ1v) is 11.7. The monoisotopic (exact) mass is 427 g/mol. The van der Waals surface area contributed by atoms with Crippen LogP contribution in [0.15, 0.2) is 16.8 Å². The van der Waals surface area contributed by atoms with Crippen LogP contribution in [0, 0.1) is 11.8 Å². The van der Waals surface area contributed by atoms with Gasteiger partial charge in [-0.3, -0.25) is 9.59 Å². The highest BCUT2D eigenvalue weighted by Crippen LogP contribution is 2.27. The van der Waals surface area contributed by atoms with E-state index in [9.17, 15) is 9.59 Å². The Hall–Kier alpha value is -2.51. The van der Waals surface area contributed by atoms with Crippen LogP contribution >= 0.6 is 0 Å². The summed E-state index contributed by atoms with van der Waals surface area (Å²) in [7, 11) is 1.82. The number of carbonyl (C=O) groups is 2. The Morgan fingerprint density at radius 2 is 1.84 bits per heavy atom. The number of piperidine rings is 1. The average Bonchev–Trinajstić information content (AvgIpc) is 3.45. The van der Waals surface area contributed by atoms with E-state index in [0.29, 0.717) is 43.5 Å². The fraction of sp³-hybridized carbons (Fsp3) is 0.696. The number of likely N-dealkylation sites (tertiary alicyclic amines) is 1. The Bertz CT molecular complexity index is 883. The fourth-order valence-electron chi connectivity index (χ4n) is 4.87. The van der Waals surface area contributed by atoms with Gasteiger partial charge in [-0.1, -0.05) is 32.1 Å². The first-order valence-electron chi connectivity index (χ1n) is 11.7. The number of hydrogen-bond donors (Lipinski definition) is 0. The molecule has 3 heterocycles. The van der Waals surface area contributed by atoms with Crippen LogP contribution in [0.5, 0.6) is 0 Å². The molecule has 2 aromatic rings. The molecule has 0 aromatic carbocycles. The standard InChI is InChI=1S/C23H33N5O3/c1-27-15-13-24-23(27)22(30)18-8-5-14-28(16-18)21(29)12-11-20-26-25-19(31-20)10-9-17-6-3-2-4-7-17/h13,15,17-18H,2-12,14,16H2,1H3. The number of ketones is 1.